The van der Waals surface area contributed by atoms with Gasteiger partial charge in [-0.05, 0) is 43.9 Å². The highest BCUT2D eigenvalue weighted by atomic mass is 35.5. The van der Waals surface area contributed by atoms with Gasteiger partial charge in [0.2, 0.25) is 24.1 Å². The van der Waals surface area contributed by atoms with E-state index in [1.807, 2.05) is 13.8 Å². The fourth-order valence-electron chi connectivity index (χ4n) is 3.81. The van der Waals surface area contributed by atoms with Gasteiger partial charge in [0.05, 0.1) is 17.6 Å². The Balaban J connectivity index is 2.14. The molecule has 8 nitrogen and oxygen atoms in total. The highest BCUT2D eigenvalue weighted by molar-refractivity contribution is 6.31. The molecular weight excluding hydrogens is 451 g/mol. The van der Waals surface area contributed by atoms with Crippen molar-refractivity contribution >= 4 is 41.4 Å². The van der Waals surface area contributed by atoms with Crippen molar-refractivity contribution in [2.24, 2.45) is 5.92 Å². The van der Waals surface area contributed by atoms with Crippen LogP contribution in [0.5, 0.6) is 0 Å². The first kappa shape index (κ1) is 26.3. The lowest BCUT2D eigenvalue weighted by Gasteiger charge is -2.30. The Kier molecular flexibility index (Phi) is 9.40. The van der Waals surface area contributed by atoms with E-state index in [0.29, 0.717) is 37.1 Å². The molecule has 2 unspecified atom stereocenters. The van der Waals surface area contributed by atoms with E-state index in [-0.39, 0.29) is 41.2 Å². The van der Waals surface area contributed by atoms with Crippen LogP contribution in [-0.4, -0.2) is 66.2 Å². The van der Waals surface area contributed by atoms with E-state index in [9.17, 15) is 23.6 Å². The third-order valence-electron chi connectivity index (χ3n) is 5.62. The van der Waals surface area contributed by atoms with E-state index in [1.54, 1.807) is 20.0 Å². The van der Waals surface area contributed by atoms with E-state index in [2.05, 4.69) is 10.6 Å². The van der Waals surface area contributed by atoms with Gasteiger partial charge in [-0.15, -0.1) is 0 Å². The zero-order valence-electron chi connectivity index (χ0n) is 19.2. The summed E-state index contributed by atoms with van der Waals surface area (Å²) in [6.45, 7) is 5.81. The molecule has 0 bridgehead atoms. The number of nitrogens with one attached hydrogen (secondary N) is 2. The number of hydrogen-bond donors (Lipinski definition) is 2. The number of likely N-dealkylation sites (tertiary alicyclic amines) is 1. The fourth-order valence-corrected chi connectivity index (χ4v) is 3.99. The van der Waals surface area contributed by atoms with Crippen LogP contribution >= 0.6 is 11.6 Å². The summed E-state index contributed by atoms with van der Waals surface area (Å²) in [5, 5.41) is 4.94. The smallest absolute Gasteiger partial charge is 0.249 e. The number of hydrogen-bond acceptors (Lipinski definition) is 4. The highest BCUT2D eigenvalue weighted by Crippen LogP contribution is 2.24. The molecule has 0 aliphatic carbocycles. The average Bonchev–Trinajstić information content (AvgIpc) is 3.27. The van der Waals surface area contributed by atoms with Gasteiger partial charge in [-0.25, -0.2) is 4.39 Å². The van der Waals surface area contributed by atoms with Crippen molar-refractivity contribution in [2.75, 3.05) is 25.5 Å². The number of carbonyl (C=O) groups is 4. The molecule has 1 aromatic carbocycles. The Morgan fingerprint density at radius 3 is 2.64 bits per heavy atom. The molecule has 0 aromatic heterocycles. The minimum atomic E-state index is -0.668. The molecule has 0 spiro atoms. The monoisotopic (exact) mass is 480 g/mol. The Morgan fingerprint density at radius 2 is 2.03 bits per heavy atom. The van der Waals surface area contributed by atoms with Gasteiger partial charge in [0.25, 0.3) is 0 Å². The molecule has 10 heteroatoms. The molecular formula is C23H30ClFN4O4. The predicted octanol–water partition coefficient (Wildman–Crippen LogP) is 2.58. The maximum absolute atomic E-state index is 13.4. The van der Waals surface area contributed by atoms with E-state index in [4.69, 9.17) is 11.6 Å². The number of likely N-dealkylation sites (N-methyl/N-ethyl adjacent to an activating group) is 1. The van der Waals surface area contributed by atoms with Gasteiger partial charge >= 0.3 is 0 Å². The topological polar surface area (TPSA) is 98.8 Å². The molecule has 1 heterocycles. The standard InChI is InChI=1S/C23H30ClFN4O4/c1-14(2)20(28(4)21(31)12-26-13-30)10-15(3)23(33)29-9-5-6-19(29)22(32)27-16-7-8-18(25)17(24)11-16/h7-8,10-11,13-14,19-20H,5-6,9,12H2,1-4H3,(H,26,30)(H,27,32)/b15-10+. The molecule has 2 atom stereocenters. The first-order valence-corrected chi connectivity index (χ1v) is 11.1. The summed E-state index contributed by atoms with van der Waals surface area (Å²) < 4.78 is 13.4. The van der Waals surface area contributed by atoms with Crippen molar-refractivity contribution in [1.82, 2.24) is 15.1 Å². The van der Waals surface area contributed by atoms with E-state index in [0.717, 1.165) is 6.07 Å². The molecule has 0 saturated carbocycles. The summed E-state index contributed by atoms with van der Waals surface area (Å²) in [4.78, 5) is 51.8. The molecule has 2 rings (SSSR count). The zero-order chi connectivity index (χ0) is 24.7. The summed E-state index contributed by atoms with van der Waals surface area (Å²) >= 11 is 5.78. The molecule has 1 saturated heterocycles. The van der Waals surface area contributed by atoms with Crippen LogP contribution in [0.15, 0.2) is 29.8 Å². The number of halogens is 2. The molecule has 180 valence electrons. The minimum Gasteiger partial charge on any atom is -0.350 e. The maximum Gasteiger partial charge on any atom is 0.249 e. The molecule has 1 aromatic rings. The SMILES string of the molecule is C/C(=C\C(C(C)C)N(C)C(=O)CNC=O)C(=O)N1CCCC1C(=O)Nc1ccc(F)c(Cl)c1. The van der Waals surface area contributed by atoms with Crippen molar-refractivity contribution in [1.29, 1.82) is 0 Å². The average molecular weight is 481 g/mol. The maximum atomic E-state index is 13.4. The van der Waals surface area contributed by atoms with Gasteiger partial charge in [-0.1, -0.05) is 31.5 Å². The zero-order valence-corrected chi connectivity index (χ0v) is 20.0. The minimum absolute atomic E-state index is 0.0128. The van der Waals surface area contributed by atoms with Crippen LogP contribution < -0.4 is 10.6 Å². The van der Waals surface area contributed by atoms with Gasteiger partial charge < -0.3 is 20.4 Å². The number of rotatable bonds is 9. The predicted molar refractivity (Wildman–Crippen MR) is 124 cm³/mol. The van der Waals surface area contributed by atoms with Gasteiger partial charge in [0, 0.05) is 24.9 Å². The third kappa shape index (κ3) is 6.77. The normalized spacial score (nSPS) is 17.0. The van der Waals surface area contributed by atoms with Crippen molar-refractivity contribution in [3.8, 4) is 0 Å². The molecule has 4 amide bonds. The van der Waals surface area contributed by atoms with Gasteiger partial charge in [-0.3, -0.25) is 19.2 Å². The number of amides is 4. The Morgan fingerprint density at radius 1 is 1.33 bits per heavy atom. The Labute approximate surface area is 198 Å². The fraction of sp³-hybridized carbons (Fsp3) is 0.478. The van der Waals surface area contributed by atoms with Crippen LogP contribution in [0.4, 0.5) is 10.1 Å². The number of benzene rings is 1. The second kappa shape index (κ2) is 11.8. The largest absolute Gasteiger partial charge is 0.350 e. The third-order valence-corrected chi connectivity index (χ3v) is 5.91. The van der Waals surface area contributed by atoms with Crippen LogP contribution in [-0.2, 0) is 19.2 Å². The van der Waals surface area contributed by atoms with Crippen molar-refractivity contribution in [3.05, 3.63) is 40.7 Å². The molecule has 1 aliphatic rings. The quantitative estimate of drug-likeness (QED) is 0.419. The summed E-state index contributed by atoms with van der Waals surface area (Å²) in [5.41, 5.74) is 0.767. The van der Waals surface area contributed by atoms with E-state index < -0.39 is 11.9 Å². The molecule has 1 aliphatic heterocycles. The highest BCUT2D eigenvalue weighted by Gasteiger charge is 2.35. The van der Waals surface area contributed by atoms with E-state index >= 15 is 0 Å². The molecule has 33 heavy (non-hydrogen) atoms. The van der Waals surface area contributed by atoms with Crippen LogP contribution in [0.2, 0.25) is 5.02 Å². The lowest BCUT2D eigenvalue weighted by molar-refractivity contribution is -0.133. The second-order valence-corrected chi connectivity index (χ2v) is 8.77. The molecule has 1 fully saturated rings. The van der Waals surface area contributed by atoms with Crippen LogP contribution in [0.25, 0.3) is 0 Å². The van der Waals surface area contributed by atoms with Crippen LogP contribution in [0, 0.1) is 11.7 Å². The first-order chi connectivity index (χ1) is 15.6. The summed E-state index contributed by atoms with van der Waals surface area (Å²) in [7, 11) is 1.62. The van der Waals surface area contributed by atoms with Gasteiger partial charge in [-0.2, -0.15) is 0 Å². The molecule has 2 N–H and O–H groups in total. The Bertz CT molecular complexity index is 937. The lowest BCUT2D eigenvalue weighted by Crippen LogP contribution is -2.45. The second-order valence-electron chi connectivity index (χ2n) is 8.36. The molecule has 0 radical (unpaired) electrons. The van der Waals surface area contributed by atoms with Crippen molar-refractivity contribution in [2.45, 2.75) is 45.7 Å². The van der Waals surface area contributed by atoms with E-state index in [1.165, 1.54) is 21.9 Å². The lowest BCUT2D eigenvalue weighted by atomic mass is 9.99. The summed E-state index contributed by atoms with van der Waals surface area (Å²) in [5.74, 6) is -1.52. The van der Waals surface area contributed by atoms with Gasteiger partial charge in [0.15, 0.2) is 0 Å². The number of anilines is 1. The van der Waals surface area contributed by atoms with Crippen LogP contribution in [0.3, 0.4) is 0 Å². The van der Waals surface area contributed by atoms with Crippen molar-refractivity contribution in [3.63, 3.8) is 0 Å². The van der Waals surface area contributed by atoms with Gasteiger partial charge in [0.1, 0.15) is 11.9 Å². The first-order valence-electron chi connectivity index (χ1n) is 10.7. The number of carbonyl (C=O) groups excluding carboxylic acids is 4. The van der Waals surface area contributed by atoms with Crippen molar-refractivity contribution < 1.29 is 23.6 Å². The summed E-state index contributed by atoms with van der Waals surface area (Å²) in [6.07, 6.45) is 3.35. The number of nitrogens with zero attached hydrogens (tertiary/aromatic N) is 2. The summed E-state index contributed by atoms with van der Waals surface area (Å²) in [6, 6.07) is 2.85. The Hall–Kier alpha value is -2.94. The van der Waals surface area contributed by atoms with Crippen LogP contribution in [0.1, 0.15) is 33.6 Å².